The molecular weight excluding hydrogens is 312 g/mol. The zero-order valence-electron chi connectivity index (χ0n) is 15.1. The molecule has 2 unspecified atom stereocenters. The van der Waals surface area contributed by atoms with Crippen LogP contribution in [0.1, 0.15) is 39.5 Å². The van der Waals surface area contributed by atoms with Gasteiger partial charge in [-0.2, -0.15) is 0 Å². The number of guanidine groups is 1. The molecular formula is C16H34N4O2S. The summed E-state index contributed by atoms with van der Waals surface area (Å²) in [6.45, 7) is 8.75. The molecule has 136 valence electrons. The monoisotopic (exact) mass is 346 g/mol. The van der Waals surface area contributed by atoms with E-state index >= 15 is 0 Å². The van der Waals surface area contributed by atoms with E-state index in [1.165, 1.54) is 32.2 Å². The predicted molar refractivity (Wildman–Crippen MR) is 97.7 cm³/mol. The first-order valence-electron chi connectivity index (χ1n) is 8.67. The standard InChI is InChI=1S/C16H34N4O2S/c1-14-7-5-10-20(13-14)11-6-9-18-16(17-3)19-15(2)8-12-23(4,21)22/h14-15H,5-13H2,1-4H3,(H2,17,18,19). The van der Waals surface area contributed by atoms with E-state index in [4.69, 9.17) is 0 Å². The fraction of sp³-hybridized carbons (Fsp3) is 0.938. The second kappa shape index (κ2) is 10.1. The minimum absolute atomic E-state index is 0.0823. The van der Waals surface area contributed by atoms with Crippen LogP contribution in [0.5, 0.6) is 0 Å². The van der Waals surface area contributed by atoms with Gasteiger partial charge < -0.3 is 15.5 Å². The van der Waals surface area contributed by atoms with Gasteiger partial charge in [-0.1, -0.05) is 6.92 Å². The van der Waals surface area contributed by atoms with E-state index in [1.54, 1.807) is 7.05 Å². The summed E-state index contributed by atoms with van der Waals surface area (Å²) in [5.74, 6) is 1.77. The van der Waals surface area contributed by atoms with Crippen molar-refractivity contribution in [3.05, 3.63) is 0 Å². The lowest BCUT2D eigenvalue weighted by molar-refractivity contribution is 0.182. The number of sulfone groups is 1. The smallest absolute Gasteiger partial charge is 0.191 e. The summed E-state index contributed by atoms with van der Waals surface area (Å²) < 4.78 is 22.4. The van der Waals surface area contributed by atoms with E-state index < -0.39 is 9.84 Å². The number of piperidine rings is 1. The maximum absolute atomic E-state index is 11.2. The third kappa shape index (κ3) is 9.81. The van der Waals surface area contributed by atoms with Crippen LogP contribution in [0.25, 0.3) is 0 Å². The normalized spacial score (nSPS) is 21.9. The highest BCUT2D eigenvalue weighted by Gasteiger charge is 2.15. The van der Waals surface area contributed by atoms with Crippen molar-refractivity contribution in [1.82, 2.24) is 15.5 Å². The van der Waals surface area contributed by atoms with Crippen molar-refractivity contribution in [2.75, 3.05) is 45.2 Å². The van der Waals surface area contributed by atoms with E-state index in [2.05, 4.69) is 27.4 Å². The molecule has 0 spiro atoms. The van der Waals surface area contributed by atoms with Crippen LogP contribution < -0.4 is 10.6 Å². The van der Waals surface area contributed by atoms with E-state index in [9.17, 15) is 8.42 Å². The van der Waals surface area contributed by atoms with Gasteiger partial charge >= 0.3 is 0 Å². The average Bonchev–Trinajstić information content (AvgIpc) is 2.47. The molecule has 1 aliphatic heterocycles. The van der Waals surface area contributed by atoms with Crippen LogP contribution in [0.2, 0.25) is 0 Å². The van der Waals surface area contributed by atoms with Crippen molar-refractivity contribution in [3.8, 4) is 0 Å². The Balaban J connectivity index is 2.18. The number of hydrogen-bond acceptors (Lipinski definition) is 4. The first-order valence-corrected chi connectivity index (χ1v) is 10.7. The number of likely N-dealkylation sites (tertiary alicyclic amines) is 1. The van der Waals surface area contributed by atoms with Gasteiger partial charge in [-0.3, -0.25) is 4.99 Å². The lowest BCUT2D eigenvalue weighted by Crippen LogP contribution is -2.44. The molecule has 0 aliphatic carbocycles. The SMILES string of the molecule is CN=C(NCCCN1CCCC(C)C1)NC(C)CCS(C)(=O)=O. The molecule has 6 nitrogen and oxygen atoms in total. The van der Waals surface area contributed by atoms with Crippen molar-refractivity contribution in [1.29, 1.82) is 0 Å². The Labute approximate surface area is 142 Å². The molecule has 2 N–H and O–H groups in total. The topological polar surface area (TPSA) is 73.8 Å². The van der Waals surface area contributed by atoms with Crippen LogP contribution in [0.15, 0.2) is 4.99 Å². The van der Waals surface area contributed by atoms with Gasteiger partial charge in [0.2, 0.25) is 0 Å². The number of rotatable bonds is 8. The Kier molecular flexibility index (Phi) is 8.91. The lowest BCUT2D eigenvalue weighted by atomic mass is 10.0. The molecule has 0 saturated carbocycles. The Bertz CT molecular complexity index is 465. The quantitative estimate of drug-likeness (QED) is 0.391. The fourth-order valence-corrected chi connectivity index (χ4v) is 3.67. The van der Waals surface area contributed by atoms with E-state index in [0.29, 0.717) is 6.42 Å². The first kappa shape index (κ1) is 20.2. The van der Waals surface area contributed by atoms with Crippen LogP contribution in [-0.2, 0) is 9.84 Å². The average molecular weight is 347 g/mol. The summed E-state index contributed by atoms with van der Waals surface area (Å²) in [6.07, 6.45) is 5.62. The zero-order chi connectivity index (χ0) is 17.3. The Morgan fingerprint density at radius 2 is 2.17 bits per heavy atom. The number of hydrogen-bond donors (Lipinski definition) is 2. The molecule has 0 bridgehead atoms. The van der Waals surface area contributed by atoms with E-state index in [1.807, 2.05) is 6.92 Å². The maximum atomic E-state index is 11.2. The van der Waals surface area contributed by atoms with Crippen molar-refractivity contribution in [2.24, 2.45) is 10.9 Å². The van der Waals surface area contributed by atoms with Crippen LogP contribution >= 0.6 is 0 Å². The fourth-order valence-electron chi connectivity index (χ4n) is 2.89. The molecule has 1 rings (SSSR count). The summed E-state index contributed by atoms with van der Waals surface area (Å²) >= 11 is 0. The second-order valence-corrected chi connectivity index (χ2v) is 9.12. The number of nitrogens with zero attached hydrogens (tertiary/aromatic N) is 2. The molecule has 0 amide bonds. The van der Waals surface area contributed by atoms with E-state index in [0.717, 1.165) is 31.4 Å². The largest absolute Gasteiger partial charge is 0.356 e. The number of aliphatic imine (C=N–C) groups is 1. The third-order valence-corrected chi connectivity index (χ3v) is 5.19. The van der Waals surface area contributed by atoms with Gasteiger partial charge in [0.05, 0.1) is 5.75 Å². The molecule has 1 saturated heterocycles. The molecule has 2 atom stereocenters. The van der Waals surface area contributed by atoms with Crippen molar-refractivity contribution in [2.45, 2.75) is 45.6 Å². The molecule has 0 radical (unpaired) electrons. The molecule has 1 heterocycles. The highest BCUT2D eigenvalue weighted by Crippen LogP contribution is 2.15. The van der Waals surface area contributed by atoms with Gasteiger partial charge in [-0.25, -0.2) is 8.42 Å². The van der Waals surface area contributed by atoms with Crippen molar-refractivity contribution < 1.29 is 8.42 Å². The molecule has 0 aromatic rings. The number of nitrogens with one attached hydrogen (secondary N) is 2. The summed E-state index contributed by atoms with van der Waals surface area (Å²) in [6, 6.07) is 0.0823. The van der Waals surface area contributed by atoms with Crippen LogP contribution in [0.3, 0.4) is 0 Å². The van der Waals surface area contributed by atoms with Crippen LogP contribution in [-0.4, -0.2) is 70.6 Å². The molecule has 1 aliphatic rings. The summed E-state index contributed by atoms with van der Waals surface area (Å²) in [5.41, 5.74) is 0. The van der Waals surface area contributed by atoms with E-state index in [-0.39, 0.29) is 11.8 Å². The lowest BCUT2D eigenvalue weighted by Gasteiger charge is -2.30. The van der Waals surface area contributed by atoms with Crippen molar-refractivity contribution in [3.63, 3.8) is 0 Å². The van der Waals surface area contributed by atoms with Crippen LogP contribution in [0.4, 0.5) is 0 Å². The van der Waals surface area contributed by atoms with Gasteiger partial charge in [-0.15, -0.1) is 0 Å². The van der Waals surface area contributed by atoms with Gasteiger partial charge in [-0.05, 0) is 51.6 Å². The highest BCUT2D eigenvalue weighted by atomic mass is 32.2. The minimum Gasteiger partial charge on any atom is -0.356 e. The Hall–Kier alpha value is -0.820. The molecule has 1 fully saturated rings. The summed E-state index contributed by atoms with van der Waals surface area (Å²) in [7, 11) is -1.16. The highest BCUT2D eigenvalue weighted by molar-refractivity contribution is 7.90. The van der Waals surface area contributed by atoms with Crippen LogP contribution in [0, 0.1) is 5.92 Å². The third-order valence-electron chi connectivity index (χ3n) is 4.21. The van der Waals surface area contributed by atoms with Crippen molar-refractivity contribution >= 4 is 15.8 Å². The Morgan fingerprint density at radius 3 is 2.78 bits per heavy atom. The van der Waals surface area contributed by atoms with Gasteiger partial charge in [0, 0.05) is 32.4 Å². The maximum Gasteiger partial charge on any atom is 0.191 e. The zero-order valence-corrected chi connectivity index (χ0v) is 16.0. The van der Waals surface area contributed by atoms with Gasteiger partial charge in [0.25, 0.3) is 0 Å². The minimum atomic E-state index is -2.91. The van der Waals surface area contributed by atoms with Gasteiger partial charge in [0.15, 0.2) is 5.96 Å². The summed E-state index contributed by atoms with van der Waals surface area (Å²) in [4.78, 5) is 6.74. The molecule has 7 heteroatoms. The summed E-state index contributed by atoms with van der Waals surface area (Å²) in [5, 5.41) is 6.56. The van der Waals surface area contributed by atoms with Gasteiger partial charge in [0.1, 0.15) is 9.84 Å². The molecule has 0 aromatic carbocycles. The predicted octanol–water partition coefficient (Wildman–Crippen LogP) is 1.10. The molecule has 23 heavy (non-hydrogen) atoms. The Morgan fingerprint density at radius 1 is 1.43 bits per heavy atom. The first-order chi connectivity index (χ1) is 10.8. The molecule has 0 aromatic heterocycles. The second-order valence-electron chi connectivity index (χ2n) is 6.86.